The van der Waals surface area contributed by atoms with Crippen molar-refractivity contribution in [1.82, 2.24) is 5.32 Å². The molecule has 0 unspecified atom stereocenters. The van der Waals surface area contributed by atoms with Crippen LogP contribution < -0.4 is 14.8 Å². The summed E-state index contributed by atoms with van der Waals surface area (Å²) >= 11 is 3.50. The molecule has 0 fully saturated rings. The van der Waals surface area contributed by atoms with E-state index in [9.17, 15) is 4.39 Å². The Hall–Kier alpha value is -0.810. The zero-order valence-electron chi connectivity index (χ0n) is 12.3. The van der Waals surface area contributed by atoms with E-state index in [1.54, 1.807) is 0 Å². The van der Waals surface area contributed by atoms with Crippen molar-refractivity contribution in [3.05, 3.63) is 22.2 Å². The lowest BCUT2D eigenvalue weighted by atomic mass is 10.2. The molecular weight excluding hydrogens is 325 g/mol. The van der Waals surface area contributed by atoms with Crippen molar-refractivity contribution in [2.75, 3.05) is 19.9 Å². The molecule has 0 heterocycles. The Kier molecular flexibility index (Phi) is 7.92. The predicted octanol–water partition coefficient (Wildman–Crippen LogP) is 4.08. The van der Waals surface area contributed by atoms with Crippen molar-refractivity contribution >= 4 is 15.9 Å². The van der Waals surface area contributed by atoms with Gasteiger partial charge in [-0.2, -0.15) is 0 Å². The summed E-state index contributed by atoms with van der Waals surface area (Å²) in [4.78, 5) is 0. The molecule has 0 radical (unpaired) electrons. The maximum atomic E-state index is 12.2. The van der Waals surface area contributed by atoms with Crippen molar-refractivity contribution in [2.45, 2.75) is 39.8 Å². The first kappa shape index (κ1) is 17.2. The number of ether oxygens (including phenoxy) is 2. The third-order valence-corrected chi connectivity index (χ3v) is 3.20. The first-order chi connectivity index (χ1) is 9.58. The van der Waals surface area contributed by atoms with Gasteiger partial charge in [0.25, 0.3) is 0 Å². The van der Waals surface area contributed by atoms with Gasteiger partial charge in [-0.3, -0.25) is 4.39 Å². The molecule has 0 aliphatic heterocycles. The highest BCUT2D eigenvalue weighted by atomic mass is 79.9. The number of rotatable bonds is 9. The van der Waals surface area contributed by atoms with Gasteiger partial charge in [-0.25, -0.2) is 0 Å². The largest absolute Gasteiger partial charge is 0.490 e. The van der Waals surface area contributed by atoms with Gasteiger partial charge in [0.15, 0.2) is 11.5 Å². The highest BCUT2D eigenvalue weighted by Gasteiger charge is 2.12. The molecule has 1 rings (SSSR count). The summed E-state index contributed by atoms with van der Waals surface area (Å²) < 4.78 is 24.2. The third-order valence-electron chi connectivity index (χ3n) is 2.61. The smallest absolute Gasteiger partial charge is 0.175 e. The van der Waals surface area contributed by atoms with Crippen molar-refractivity contribution in [3.63, 3.8) is 0 Å². The average Bonchev–Trinajstić information content (AvgIpc) is 2.39. The van der Waals surface area contributed by atoms with Gasteiger partial charge >= 0.3 is 0 Å². The molecule has 20 heavy (non-hydrogen) atoms. The molecule has 0 amide bonds. The molecule has 5 heteroatoms. The van der Waals surface area contributed by atoms with Crippen LogP contribution in [0.15, 0.2) is 16.6 Å². The number of benzene rings is 1. The molecule has 3 nitrogen and oxygen atoms in total. The van der Waals surface area contributed by atoms with E-state index in [0.29, 0.717) is 37.2 Å². The minimum absolute atomic E-state index is 0.346. The van der Waals surface area contributed by atoms with Crippen molar-refractivity contribution in [1.29, 1.82) is 0 Å². The summed E-state index contributed by atoms with van der Waals surface area (Å²) in [5.74, 6) is 1.34. The first-order valence-electron chi connectivity index (χ1n) is 6.95. The van der Waals surface area contributed by atoms with E-state index in [0.717, 1.165) is 16.6 Å². The standard InChI is InChI=1S/C15H23BrFNO2/c1-4-19-14-9-12(10-18-11(2)3)8-13(16)15(14)20-7-5-6-17/h8-9,11,18H,4-7,10H2,1-3H3. The van der Waals surface area contributed by atoms with Gasteiger partial charge < -0.3 is 14.8 Å². The van der Waals surface area contributed by atoms with Crippen LogP contribution >= 0.6 is 15.9 Å². The second-order valence-electron chi connectivity index (χ2n) is 4.76. The molecule has 1 N–H and O–H groups in total. The van der Waals surface area contributed by atoms with E-state index < -0.39 is 0 Å². The Morgan fingerprint density at radius 1 is 1.30 bits per heavy atom. The molecule has 1 aromatic rings. The normalized spacial score (nSPS) is 10.9. The molecule has 0 spiro atoms. The van der Waals surface area contributed by atoms with E-state index >= 15 is 0 Å². The fraction of sp³-hybridized carbons (Fsp3) is 0.600. The maximum Gasteiger partial charge on any atom is 0.175 e. The number of hydrogen-bond donors (Lipinski definition) is 1. The van der Waals surface area contributed by atoms with Crippen LogP contribution in [0.25, 0.3) is 0 Å². The second-order valence-corrected chi connectivity index (χ2v) is 5.62. The van der Waals surface area contributed by atoms with Gasteiger partial charge in [0.2, 0.25) is 0 Å². The van der Waals surface area contributed by atoms with E-state index in [2.05, 4.69) is 35.1 Å². The number of alkyl halides is 1. The summed E-state index contributed by atoms with van der Waals surface area (Å²) in [6, 6.07) is 4.39. The average molecular weight is 348 g/mol. The molecule has 0 saturated heterocycles. The number of halogens is 2. The van der Waals surface area contributed by atoms with Crippen LogP contribution in [-0.4, -0.2) is 25.9 Å². The fourth-order valence-corrected chi connectivity index (χ4v) is 2.28. The SMILES string of the molecule is CCOc1cc(CNC(C)C)cc(Br)c1OCCCF. The molecule has 0 aliphatic rings. The van der Waals surface area contributed by atoms with Crippen LogP contribution in [-0.2, 0) is 6.54 Å². The highest BCUT2D eigenvalue weighted by molar-refractivity contribution is 9.10. The van der Waals surface area contributed by atoms with Crippen LogP contribution in [0.4, 0.5) is 4.39 Å². The molecule has 1 aromatic carbocycles. The molecule has 114 valence electrons. The summed E-state index contributed by atoms with van der Waals surface area (Å²) in [6.45, 7) is 7.43. The summed E-state index contributed by atoms with van der Waals surface area (Å²) in [5.41, 5.74) is 1.12. The van der Waals surface area contributed by atoms with E-state index in [4.69, 9.17) is 9.47 Å². The fourth-order valence-electron chi connectivity index (χ4n) is 1.68. The lowest BCUT2D eigenvalue weighted by Crippen LogP contribution is -2.21. The Labute approximate surface area is 129 Å². The van der Waals surface area contributed by atoms with Gasteiger partial charge in [-0.15, -0.1) is 0 Å². The minimum atomic E-state index is -0.377. The van der Waals surface area contributed by atoms with E-state index in [1.165, 1.54) is 0 Å². The van der Waals surface area contributed by atoms with Gasteiger partial charge in [-0.05, 0) is 40.5 Å². The molecule has 0 bridgehead atoms. The van der Waals surface area contributed by atoms with Crippen molar-refractivity contribution in [2.24, 2.45) is 0 Å². The number of nitrogens with one attached hydrogen (secondary N) is 1. The van der Waals surface area contributed by atoms with Crippen LogP contribution in [0.3, 0.4) is 0 Å². The van der Waals surface area contributed by atoms with Gasteiger partial charge in [0.05, 0.1) is 24.4 Å². The zero-order chi connectivity index (χ0) is 15.0. The Morgan fingerprint density at radius 3 is 2.65 bits per heavy atom. The minimum Gasteiger partial charge on any atom is -0.490 e. The van der Waals surface area contributed by atoms with Gasteiger partial charge in [0.1, 0.15) is 0 Å². The monoisotopic (exact) mass is 347 g/mol. The predicted molar refractivity (Wildman–Crippen MR) is 83.4 cm³/mol. The van der Waals surface area contributed by atoms with Crippen LogP contribution in [0.1, 0.15) is 32.8 Å². The molecule has 0 aliphatic carbocycles. The molecular formula is C15H23BrFNO2. The molecule has 0 atom stereocenters. The van der Waals surface area contributed by atoms with E-state index in [-0.39, 0.29) is 6.67 Å². The molecule has 0 saturated carbocycles. The summed E-state index contributed by atoms with van der Waals surface area (Å²) in [5, 5.41) is 3.36. The topological polar surface area (TPSA) is 30.5 Å². The molecule has 0 aromatic heterocycles. The van der Waals surface area contributed by atoms with Crippen LogP contribution in [0.5, 0.6) is 11.5 Å². The van der Waals surface area contributed by atoms with Gasteiger partial charge in [0, 0.05) is 19.0 Å². The Bertz CT molecular complexity index is 413. The third kappa shape index (κ3) is 5.67. The maximum absolute atomic E-state index is 12.2. The highest BCUT2D eigenvalue weighted by Crippen LogP contribution is 2.37. The zero-order valence-corrected chi connectivity index (χ0v) is 13.9. The van der Waals surface area contributed by atoms with Gasteiger partial charge in [-0.1, -0.05) is 13.8 Å². The Balaban J connectivity index is 2.87. The summed E-state index contributed by atoms with van der Waals surface area (Å²) in [6.07, 6.45) is 0.384. The second kappa shape index (κ2) is 9.19. The lowest BCUT2D eigenvalue weighted by molar-refractivity contribution is 0.261. The van der Waals surface area contributed by atoms with Crippen molar-refractivity contribution < 1.29 is 13.9 Å². The van der Waals surface area contributed by atoms with Crippen LogP contribution in [0, 0.1) is 0 Å². The van der Waals surface area contributed by atoms with E-state index in [1.807, 2.05) is 19.1 Å². The Morgan fingerprint density at radius 2 is 2.05 bits per heavy atom. The number of hydrogen-bond acceptors (Lipinski definition) is 3. The summed E-state index contributed by atoms with van der Waals surface area (Å²) in [7, 11) is 0. The quantitative estimate of drug-likeness (QED) is 0.682. The van der Waals surface area contributed by atoms with Crippen molar-refractivity contribution in [3.8, 4) is 11.5 Å². The lowest BCUT2D eigenvalue weighted by Gasteiger charge is -2.16. The van der Waals surface area contributed by atoms with Crippen LogP contribution in [0.2, 0.25) is 0 Å². The first-order valence-corrected chi connectivity index (χ1v) is 7.75.